The first kappa shape index (κ1) is 13.5. The standard InChI is InChI=1S/C12H20BrN3S/c13-11-2-9-17-12(11)10-15-5-8-16-6-1-3-14-4-7-16/h2,9,14-15H,1,3-8,10H2. The van der Waals surface area contributed by atoms with Crippen molar-refractivity contribution in [1.82, 2.24) is 15.5 Å². The molecule has 2 rings (SSSR count). The van der Waals surface area contributed by atoms with Crippen molar-refractivity contribution in [3.8, 4) is 0 Å². The van der Waals surface area contributed by atoms with Crippen molar-refractivity contribution in [2.45, 2.75) is 13.0 Å². The summed E-state index contributed by atoms with van der Waals surface area (Å²) in [5.41, 5.74) is 0. The summed E-state index contributed by atoms with van der Waals surface area (Å²) in [4.78, 5) is 3.93. The quantitative estimate of drug-likeness (QED) is 0.812. The van der Waals surface area contributed by atoms with Crippen LogP contribution in [0.2, 0.25) is 0 Å². The second-order valence-corrected chi connectivity index (χ2v) is 6.17. The fourth-order valence-corrected chi connectivity index (χ4v) is 3.48. The van der Waals surface area contributed by atoms with E-state index in [0.29, 0.717) is 0 Å². The van der Waals surface area contributed by atoms with Crippen LogP contribution in [0.25, 0.3) is 0 Å². The number of halogens is 1. The number of rotatable bonds is 5. The molecule has 3 nitrogen and oxygen atoms in total. The SMILES string of the molecule is Brc1ccsc1CNCCN1CCCNCC1. The van der Waals surface area contributed by atoms with Gasteiger partial charge in [-0.3, -0.25) is 0 Å². The van der Waals surface area contributed by atoms with Crippen LogP contribution in [-0.4, -0.2) is 44.2 Å². The predicted molar refractivity (Wildman–Crippen MR) is 77.7 cm³/mol. The maximum Gasteiger partial charge on any atom is 0.0327 e. The van der Waals surface area contributed by atoms with E-state index in [2.05, 4.69) is 42.9 Å². The molecule has 2 N–H and O–H groups in total. The molecule has 1 fully saturated rings. The van der Waals surface area contributed by atoms with Crippen LogP contribution in [0.15, 0.2) is 15.9 Å². The number of hydrogen-bond donors (Lipinski definition) is 2. The third kappa shape index (κ3) is 4.67. The number of hydrogen-bond acceptors (Lipinski definition) is 4. The Labute approximate surface area is 116 Å². The molecule has 0 unspecified atom stereocenters. The molecule has 0 bridgehead atoms. The molecule has 1 aliphatic rings. The lowest BCUT2D eigenvalue weighted by molar-refractivity contribution is 0.291. The van der Waals surface area contributed by atoms with Gasteiger partial charge in [-0.15, -0.1) is 11.3 Å². The van der Waals surface area contributed by atoms with Gasteiger partial charge in [0.15, 0.2) is 0 Å². The molecule has 0 radical (unpaired) electrons. The maximum atomic E-state index is 3.56. The van der Waals surface area contributed by atoms with E-state index in [0.717, 1.165) is 26.2 Å². The van der Waals surface area contributed by atoms with Gasteiger partial charge in [0.05, 0.1) is 0 Å². The summed E-state index contributed by atoms with van der Waals surface area (Å²) in [6.07, 6.45) is 1.27. The van der Waals surface area contributed by atoms with Crippen LogP contribution in [0.5, 0.6) is 0 Å². The highest BCUT2D eigenvalue weighted by Gasteiger charge is 2.07. The first-order valence-corrected chi connectivity index (χ1v) is 7.89. The van der Waals surface area contributed by atoms with Gasteiger partial charge >= 0.3 is 0 Å². The normalized spacial score (nSPS) is 18.2. The summed E-state index contributed by atoms with van der Waals surface area (Å²) in [6, 6.07) is 2.11. The van der Waals surface area contributed by atoms with E-state index >= 15 is 0 Å². The smallest absolute Gasteiger partial charge is 0.0327 e. The molecule has 0 amide bonds. The Morgan fingerprint density at radius 3 is 3.18 bits per heavy atom. The molecule has 0 atom stereocenters. The molecule has 0 spiro atoms. The Morgan fingerprint density at radius 1 is 1.41 bits per heavy atom. The van der Waals surface area contributed by atoms with E-state index in [4.69, 9.17) is 0 Å². The highest BCUT2D eigenvalue weighted by molar-refractivity contribution is 9.10. The molecule has 5 heteroatoms. The molecule has 0 aliphatic carbocycles. The Morgan fingerprint density at radius 2 is 2.35 bits per heavy atom. The second kappa shape index (κ2) is 7.48. The second-order valence-electron chi connectivity index (χ2n) is 4.31. The topological polar surface area (TPSA) is 27.3 Å². The lowest BCUT2D eigenvalue weighted by Crippen LogP contribution is -2.34. The van der Waals surface area contributed by atoms with Gasteiger partial charge in [-0.25, -0.2) is 0 Å². The Balaban J connectivity index is 1.61. The highest BCUT2D eigenvalue weighted by atomic mass is 79.9. The first-order chi connectivity index (χ1) is 8.36. The van der Waals surface area contributed by atoms with Crippen LogP contribution in [-0.2, 0) is 6.54 Å². The van der Waals surface area contributed by atoms with E-state index in [1.807, 2.05) is 0 Å². The summed E-state index contributed by atoms with van der Waals surface area (Å²) >= 11 is 5.36. The van der Waals surface area contributed by atoms with Gasteiger partial charge in [-0.1, -0.05) is 0 Å². The zero-order chi connectivity index (χ0) is 11.9. The Bertz CT molecular complexity index is 321. The minimum atomic E-state index is 0.977. The van der Waals surface area contributed by atoms with E-state index in [-0.39, 0.29) is 0 Å². The van der Waals surface area contributed by atoms with Crippen LogP contribution < -0.4 is 10.6 Å². The zero-order valence-corrected chi connectivity index (χ0v) is 12.4. The van der Waals surface area contributed by atoms with Crippen LogP contribution in [0.1, 0.15) is 11.3 Å². The molecule has 1 aliphatic heterocycles. The molecule has 2 heterocycles. The molecular weight excluding hydrogens is 298 g/mol. The van der Waals surface area contributed by atoms with Crippen LogP contribution in [0.4, 0.5) is 0 Å². The van der Waals surface area contributed by atoms with Gasteiger partial charge in [0.1, 0.15) is 0 Å². The fraction of sp³-hybridized carbons (Fsp3) is 0.667. The molecule has 17 heavy (non-hydrogen) atoms. The number of nitrogens with zero attached hydrogens (tertiary/aromatic N) is 1. The predicted octanol–water partition coefficient (Wildman–Crippen LogP) is 1.90. The number of nitrogens with one attached hydrogen (secondary N) is 2. The van der Waals surface area contributed by atoms with Gasteiger partial charge in [-0.2, -0.15) is 0 Å². The van der Waals surface area contributed by atoms with Gasteiger partial charge in [0.25, 0.3) is 0 Å². The molecule has 1 aromatic rings. The van der Waals surface area contributed by atoms with E-state index in [1.165, 1.54) is 35.4 Å². The largest absolute Gasteiger partial charge is 0.315 e. The first-order valence-electron chi connectivity index (χ1n) is 6.22. The Hall–Kier alpha value is 0.0600. The molecule has 0 aromatic carbocycles. The van der Waals surface area contributed by atoms with Crippen LogP contribution in [0.3, 0.4) is 0 Å². The van der Waals surface area contributed by atoms with Crippen molar-refractivity contribution in [1.29, 1.82) is 0 Å². The summed E-state index contributed by atoms with van der Waals surface area (Å²) < 4.78 is 1.23. The van der Waals surface area contributed by atoms with Crippen molar-refractivity contribution in [2.75, 3.05) is 39.3 Å². The van der Waals surface area contributed by atoms with Gasteiger partial charge in [-0.05, 0) is 46.9 Å². The minimum Gasteiger partial charge on any atom is -0.315 e. The molecular formula is C12H20BrN3S. The third-order valence-corrected chi connectivity index (χ3v) is 4.94. The number of thiophene rings is 1. The van der Waals surface area contributed by atoms with Crippen molar-refractivity contribution in [3.05, 3.63) is 20.8 Å². The van der Waals surface area contributed by atoms with E-state index < -0.39 is 0 Å². The lowest BCUT2D eigenvalue weighted by atomic mass is 10.4. The maximum absolute atomic E-state index is 3.56. The Kier molecular flexibility index (Phi) is 5.94. The van der Waals surface area contributed by atoms with Crippen molar-refractivity contribution >= 4 is 27.3 Å². The monoisotopic (exact) mass is 317 g/mol. The van der Waals surface area contributed by atoms with Crippen molar-refractivity contribution < 1.29 is 0 Å². The fourth-order valence-electron chi connectivity index (χ4n) is 2.02. The third-order valence-electron chi connectivity index (χ3n) is 3.01. The zero-order valence-electron chi connectivity index (χ0n) is 10.0. The summed E-state index contributed by atoms with van der Waals surface area (Å²) in [5.74, 6) is 0. The summed E-state index contributed by atoms with van der Waals surface area (Å²) in [5, 5.41) is 9.07. The van der Waals surface area contributed by atoms with Gasteiger partial charge in [0.2, 0.25) is 0 Å². The van der Waals surface area contributed by atoms with E-state index in [9.17, 15) is 0 Å². The molecule has 1 saturated heterocycles. The minimum absolute atomic E-state index is 0.977. The molecule has 1 aromatic heterocycles. The van der Waals surface area contributed by atoms with Crippen LogP contribution >= 0.6 is 27.3 Å². The van der Waals surface area contributed by atoms with Gasteiger partial charge in [0, 0.05) is 42.1 Å². The average molecular weight is 318 g/mol. The average Bonchev–Trinajstić information content (AvgIpc) is 2.60. The molecule has 0 saturated carbocycles. The summed E-state index contributed by atoms with van der Waals surface area (Å²) in [6.45, 7) is 7.93. The molecule has 96 valence electrons. The highest BCUT2D eigenvalue weighted by Crippen LogP contribution is 2.21. The lowest BCUT2D eigenvalue weighted by Gasteiger charge is -2.19. The van der Waals surface area contributed by atoms with Gasteiger partial charge < -0.3 is 15.5 Å². The summed E-state index contributed by atoms with van der Waals surface area (Å²) in [7, 11) is 0. The van der Waals surface area contributed by atoms with Crippen molar-refractivity contribution in [3.63, 3.8) is 0 Å². The van der Waals surface area contributed by atoms with Crippen LogP contribution in [0, 0.1) is 0 Å². The van der Waals surface area contributed by atoms with E-state index in [1.54, 1.807) is 11.3 Å². The van der Waals surface area contributed by atoms with Crippen molar-refractivity contribution in [2.24, 2.45) is 0 Å².